The zero-order valence-electron chi connectivity index (χ0n) is 12.4. The fraction of sp³-hybridized carbons (Fsp3) is 0.125. The highest BCUT2D eigenvalue weighted by molar-refractivity contribution is 5.74. The van der Waals surface area contributed by atoms with Crippen molar-refractivity contribution < 1.29 is 4.74 Å². The van der Waals surface area contributed by atoms with Gasteiger partial charge in [-0.25, -0.2) is 4.68 Å². The smallest absolute Gasteiger partial charge is 0.248 e. The molecule has 3 aromatic rings. The molecule has 3 rings (SSSR count). The summed E-state index contributed by atoms with van der Waals surface area (Å²) < 4.78 is 6.93. The van der Waals surface area contributed by atoms with E-state index < -0.39 is 0 Å². The van der Waals surface area contributed by atoms with Gasteiger partial charge in [0.15, 0.2) is 0 Å². The summed E-state index contributed by atoms with van der Waals surface area (Å²) in [6, 6.07) is 15.9. The summed E-state index contributed by atoms with van der Waals surface area (Å²) in [5.74, 6) is 1.67. The van der Waals surface area contributed by atoms with Gasteiger partial charge in [0.2, 0.25) is 11.9 Å². The van der Waals surface area contributed by atoms with Crippen LogP contribution in [-0.4, -0.2) is 21.9 Å². The lowest BCUT2D eigenvalue weighted by molar-refractivity contribution is 0.416. The molecule has 6 heteroatoms. The fourth-order valence-corrected chi connectivity index (χ4v) is 2.23. The van der Waals surface area contributed by atoms with Crippen molar-refractivity contribution in [3.8, 4) is 16.9 Å². The Labute approximate surface area is 128 Å². The van der Waals surface area contributed by atoms with Crippen LogP contribution in [0.25, 0.3) is 11.1 Å². The molecular formula is C16H17N5O. The summed E-state index contributed by atoms with van der Waals surface area (Å²) in [4.78, 5) is 4.14. The Balaban J connectivity index is 1.92. The van der Waals surface area contributed by atoms with Crippen molar-refractivity contribution in [2.75, 3.05) is 18.2 Å². The van der Waals surface area contributed by atoms with Crippen molar-refractivity contribution in [1.82, 2.24) is 14.8 Å². The van der Waals surface area contributed by atoms with Gasteiger partial charge in [-0.05, 0) is 23.8 Å². The molecule has 6 nitrogen and oxygen atoms in total. The number of ether oxygens (including phenoxy) is 1. The third-order valence-corrected chi connectivity index (χ3v) is 3.33. The van der Waals surface area contributed by atoms with Gasteiger partial charge in [0.1, 0.15) is 5.75 Å². The number of nitrogens with one attached hydrogen (secondary N) is 1. The molecule has 0 aliphatic rings. The van der Waals surface area contributed by atoms with Crippen molar-refractivity contribution in [2.24, 2.45) is 7.05 Å². The molecule has 3 N–H and O–H groups in total. The van der Waals surface area contributed by atoms with Gasteiger partial charge in [0.25, 0.3) is 0 Å². The maximum Gasteiger partial charge on any atom is 0.248 e. The van der Waals surface area contributed by atoms with Crippen molar-refractivity contribution >= 4 is 17.6 Å². The number of para-hydroxylation sites is 1. The molecule has 1 aromatic heterocycles. The van der Waals surface area contributed by atoms with Gasteiger partial charge in [0.05, 0.1) is 7.11 Å². The van der Waals surface area contributed by atoms with Gasteiger partial charge in [-0.15, -0.1) is 5.10 Å². The van der Waals surface area contributed by atoms with Gasteiger partial charge < -0.3 is 15.8 Å². The Hall–Kier alpha value is -3.02. The van der Waals surface area contributed by atoms with Crippen LogP contribution in [0.3, 0.4) is 0 Å². The van der Waals surface area contributed by atoms with Crippen LogP contribution in [0.4, 0.5) is 17.6 Å². The first kappa shape index (κ1) is 13.9. The molecule has 0 radical (unpaired) electrons. The number of aryl methyl sites for hydroxylation is 1. The zero-order valence-corrected chi connectivity index (χ0v) is 12.4. The molecule has 0 saturated carbocycles. The van der Waals surface area contributed by atoms with Crippen LogP contribution in [0, 0.1) is 0 Å². The van der Waals surface area contributed by atoms with E-state index in [-0.39, 0.29) is 0 Å². The number of hydrogen-bond donors (Lipinski definition) is 2. The molecule has 22 heavy (non-hydrogen) atoms. The molecule has 112 valence electrons. The summed E-state index contributed by atoms with van der Waals surface area (Å²) in [6.45, 7) is 0. The third-order valence-electron chi connectivity index (χ3n) is 3.33. The van der Waals surface area contributed by atoms with Gasteiger partial charge in [0, 0.05) is 18.3 Å². The van der Waals surface area contributed by atoms with Crippen LogP contribution >= 0.6 is 0 Å². The molecule has 0 bridgehead atoms. The fourth-order valence-electron chi connectivity index (χ4n) is 2.23. The first-order valence-corrected chi connectivity index (χ1v) is 6.84. The maximum atomic E-state index is 5.69. The van der Waals surface area contributed by atoms with E-state index in [1.165, 1.54) is 4.68 Å². The van der Waals surface area contributed by atoms with E-state index in [1.54, 1.807) is 14.2 Å². The highest BCUT2D eigenvalue weighted by atomic mass is 16.5. The number of hydrogen-bond acceptors (Lipinski definition) is 5. The second kappa shape index (κ2) is 5.77. The molecule has 0 saturated heterocycles. The zero-order chi connectivity index (χ0) is 15.5. The number of nitrogens with two attached hydrogens (primary N) is 1. The molecule has 0 atom stereocenters. The monoisotopic (exact) mass is 295 g/mol. The number of aromatic nitrogens is 3. The molecule has 1 heterocycles. The first-order valence-electron chi connectivity index (χ1n) is 6.84. The lowest BCUT2D eigenvalue weighted by Gasteiger charge is -2.10. The Kier molecular flexibility index (Phi) is 3.65. The number of anilines is 3. The number of nitrogens with zero attached hydrogens (tertiary/aromatic N) is 3. The Morgan fingerprint density at radius 3 is 2.68 bits per heavy atom. The van der Waals surface area contributed by atoms with E-state index in [1.807, 2.05) is 48.5 Å². The van der Waals surface area contributed by atoms with Crippen LogP contribution in [0.2, 0.25) is 0 Å². The van der Waals surface area contributed by atoms with Crippen molar-refractivity contribution in [3.63, 3.8) is 0 Å². The van der Waals surface area contributed by atoms with Crippen LogP contribution in [0.1, 0.15) is 0 Å². The molecule has 0 amide bonds. The summed E-state index contributed by atoms with van der Waals surface area (Å²) in [7, 11) is 3.42. The normalized spacial score (nSPS) is 10.5. The van der Waals surface area contributed by atoms with Gasteiger partial charge in [-0.2, -0.15) is 4.98 Å². The predicted octanol–water partition coefficient (Wildman–Crippen LogP) is 2.82. The number of nitrogen functional groups attached to an aromatic ring is 1. The third kappa shape index (κ3) is 2.71. The van der Waals surface area contributed by atoms with Gasteiger partial charge in [-0.3, -0.25) is 0 Å². The highest BCUT2D eigenvalue weighted by Gasteiger charge is 2.07. The predicted molar refractivity (Wildman–Crippen MR) is 87.1 cm³/mol. The van der Waals surface area contributed by atoms with Crippen LogP contribution < -0.4 is 15.8 Å². The summed E-state index contributed by atoms with van der Waals surface area (Å²) in [6.07, 6.45) is 0. The van der Waals surface area contributed by atoms with E-state index in [0.29, 0.717) is 11.9 Å². The van der Waals surface area contributed by atoms with Crippen molar-refractivity contribution in [2.45, 2.75) is 0 Å². The minimum atomic E-state index is 0.364. The van der Waals surface area contributed by atoms with Crippen LogP contribution in [-0.2, 0) is 7.05 Å². The Morgan fingerprint density at radius 1 is 1.14 bits per heavy atom. The highest BCUT2D eigenvalue weighted by Crippen LogP contribution is 2.31. The maximum absolute atomic E-state index is 5.69. The summed E-state index contributed by atoms with van der Waals surface area (Å²) in [5, 5.41) is 7.34. The van der Waals surface area contributed by atoms with E-state index in [2.05, 4.69) is 15.4 Å². The van der Waals surface area contributed by atoms with Gasteiger partial charge in [-0.1, -0.05) is 30.3 Å². The summed E-state index contributed by atoms with van der Waals surface area (Å²) in [5.41, 5.74) is 8.65. The van der Waals surface area contributed by atoms with Crippen molar-refractivity contribution in [3.05, 3.63) is 48.5 Å². The lowest BCUT2D eigenvalue weighted by Crippen LogP contribution is -1.97. The quantitative estimate of drug-likeness (QED) is 0.774. The first-order chi connectivity index (χ1) is 10.7. The number of rotatable bonds is 4. The lowest BCUT2D eigenvalue weighted by atomic mass is 10.0. The SMILES string of the molecule is COc1ccccc1-c1cccc(Nc2nc(N)n(C)n2)c1. The minimum Gasteiger partial charge on any atom is -0.496 e. The van der Waals surface area contributed by atoms with Gasteiger partial charge >= 0.3 is 0 Å². The number of benzene rings is 2. The van der Waals surface area contributed by atoms with Crippen LogP contribution in [0.15, 0.2) is 48.5 Å². The standard InChI is InChI=1S/C16H17N5O/c1-21-15(17)19-16(20-21)18-12-7-5-6-11(10-12)13-8-3-4-9-14(13)22-2/h3-10H,1-2H3,(H3,17,18,19,20). The second-order valence-electron chi connectivity index (χ2n) is 4.82. The molecule has 0 spiro atoms. The Bertz CT molecular complexity index is 777. The van der Waals surface area contributed by atoms with E-state index in [4.69, 9.17) is 10.5 Å². The van der Waals surface area contributed by atoms with E-state index in [9.17, 15) is 0 Å². The molecule has 2 aromatic carbocycles. The van der Waals surface area contributed by atoms with E-state index in [0.717, 1.165) is 22.6 Å². The second-order valence-corrected chi connectivity index (χ2v) is 4.82. The van der Waals surface area contributed by atoms with Crippen LogP contribution in [0.5, 0.6) is 5.75 Å². The van der Waals surface area contributed by atoms with Crippen molar-refractivity contribution in [1.29, 1.82) is 0 Å². The molecular weight excluding hydrogens is 278 g/mol. The molecule has 0 fully saturated rings. The largest absolute Gasteiger partial charge is 0.496 e. The minimum absolute atomic E-state index is 0.364. The molecule has 0 aliphatic heterocycles. The number of methoxy groups -OCH3 is 1. The Morgan fingerprint density at radius 2 is 1.95 bits per heavy atom. The molecule has 0 unspecified atom stereocenters. The average Bonchev–Trinajstić information content (AvgIpc) is 2.85. The summed E-state index contributed by atoms with van der Waals surface area (Å²) >= 11 is 0. The van der Waals surface area contributed by atoms with E-state index >= 15 is 0 Å². The average molecular weight is 295 g/mol. The molecule has 0 aliphatic carbocycles. The topological polar surface area (TPSA) is 78.0 Å².